The Morgan fingerprint density at radius 1 is 1.20 bits per heavy atom. The van der Waals surface area contributed by atoms with Gasteiger partial charge >= 0.3 is 0 Å². The van der Waals surface area contributed by atoms with Crippen LogP contribution in [-0.2, 0) is 4.74 Å². The molecule has 3 nitrogen and oxygen atoms in total. The number of ether oxygens (including phenoxy) is 2. The van der Waals surface area contributed by atoms with Gasteiger partial charge in [0.05, 0.1) is 13.2 Å². The van der Waals surface area contributed by atoms with E-state index >= 15 is 0 Å². The van der Waals surface area contributed by atoms with E-state index in [0.717, 1.165) is 41.0 Å². The van der Waals surface area contributed by atoms with Crippen molar-refractivity contribution in [1.29, 1.82) is 0 Å². The summed E-state index contributed by atoms with van der Waals surface area (Å²) in [7, 11) is 0. The van der Waals surface area contributed by atoms with Crippen LogP contribution in [0.25, 0.3) is 0 Å². The van der Waals surface area contributed by atoms with Crippen LogP contribution in [0.3, 0.4) is 0 Å². The molecular weight excluding hydrogens is 326 g/mol. The average molecular weight is 337 g/mol. The number of halogens is 2. The van der Waals surface area contributed by atoms with Crippen LogP contribution in [0.4, 0.5) is 0 Å². The van der Waals surface area contributed by atoms with Crippen LogP contribution in [0.2, 0.25) is 0 Å². The van der Waals surface area contributed by atoms with Crippen molar-refractivity contribution in [1.82, 2.24) is 4.98 Å². The van der Waals surface area contributed by atoms with Crippen molar-refractivity contribution < 1.29 is 9.47 Å². The Morgan fingerprint density at radius 3 is 2.40 bits per heavy atom. The lowest BCUT2D eigenvalue weighted by atomic mass is 10.1. The minimum Gasteiger partial charge on any atom is -0.490 e. The van der Waals surface area contributed by atoms with Gasteiger partial charge < -0.3 is 9.47 Å². The Kier molecular flexibility index (Phi) is 3.99. The van der Waals surface area contributed by atoms with Crippen molar-refractivity contribution in [2.24, 2.45) is 0 Å². The third-order valence-corrected chi connectivity index (χ3v) is 3.02. The molecule has 0 unspecified atom stereocenters. The first-order valence-corrected chi connectivity index (χ1v) is 6.40. The summed E-state index contributed by atoms with van der Waals surface area (Å²) in [6.45, 7) is 1.58. The number of nitrogens with zero attached hydrogens (tertiary/aromatic N) is 1. The van der Waals surface area contributed by atoms with E-state index in [0.29, 0.717) is 0 Å². The van der Waals surface area contributed by atoms with Gasteiger partial charge in [0.1, 0.15) is 21.1 Å². The molecule has 15 heavy (non-hydrogen) atoms. The van der Waals surface area contributed by atoms with Crippen molar-refractivity contribution >= 4 is 31.9 Å². The Morgan fingerprint density at radius 2 is 1.80 bits per heavy atom. The van der Waals surface area contributed by atoms with Crippen LogP contribution in [0.1, 0.15) is 12.8 Å². The summed E-state index contributed by atoms with van der Waals surface area (Å²) in [5.41, 5.74) is 0. The molecule has 82 valence electrons. The normalized spacial score (nSPS) is 17.7. The van der Waals surface area contributed by atoms with Crippen LogP contribution in [0.5, 0.6) is 5.75 Å². The lowest BCUT2D eigenvalue weighted by molar-refractivity contribution is 0.0255. The van der Waals surface area contributed by atoms with Crippen molar-refractivity contribution in [2.75, 3.05) is 13.2 Å². The predicted molar refractivity (Wildman–Crippen MR) is 64.1 cm³/mol. The summed E-state index contributed by atoms with van der Waals surface area (Å²) >= 11 is 6.66. The molecule has 2 rings (SSSR count). The highest BCUT2D eigenvalue weighted by atomic mass is 79.9. The molecule has 0 spiro atoms. The van der Waals surface area contributed by atoms with E-state index in [1.165, 1.54) is 0 Å². The first-order chi connectivity index (χ1) is 7.24. The molecule has 1 aliphatic heterocycles. The molecule has 1 aromatic rings. The number of pyridine rings is 1. The quantitative estimate of drug-likeness (QED) is 0.777. The largest absolute Gasteiger partial charge is 0.490 e. The van der Waals surface area contributed by atoms with E-state index in [4.69, 9.17) is 9.47 Å². The Balaban J connectivity index is 2.02. The molecule has 5 heteroatoms. The highest BCUT2D eigenvalue weighted by Crippen LogP contribution is 2.24. The highest BCUT2D eigenvalue weighted by molar-refractivity contribution is 9.11. The van der Waals surface area contributed by atoms with Crippen molar-refractivity contribution in [2.45, 2.75) is 18.9 Å². The number of hydrogen-bond acceptors (Lipinski definition) is 3. The van der Waals surface area contributed by atoms with E-state index in [1.54, 1.807) is 0 Å². The maximum atomic E-state index is 5.84. The average Bonchev–Trinajstić information content (AvgIpc) is 2.17. The second kappa shape index (κ2) is 5.27. The monoisotopic (exact) mass is 335 g/mol. The Hall–Kier alpha value is -0.130. The minimum absolute atomic E-state index is 0.264. The van der Waals surface area contributed by atoms with Gasteiger partial charge in [-0.2, -0.15) is 0 Å². The molecule has 1 aliphatic rings. The molecule has 1 fully saturated rings. The molecule has 0 aliphatic carbocycles. The fraction of sp³-hybridized carbons (Fsp3) is 0.500. The summed E-state index contributed by atoms with van der Waals surface area (Å²) in [6.07, 6.45) is 2.18. The van der Waals surface area contributed by atoms with Gasteiger partial charge in [0.2, 0.25) is 0 Å². The second-order valence-electron chi connectivity index (χ2n) is 3.38. The highest BCUT2D eigenvalue weighted by Gasteiger charge is 2.15. The van der Waals surface area contributed by atoms with Gasteiger partial charge in [0.15, 0.2) is 0 Å². The van der Waals surface area contributed by atoms with Crippen molar-refractivity contribution in [3.63, 3.8) is 0 Å². The van der Waals surface area contributed by atoms with E-state index < -0.39 is 0 Å². The number of hydrogen-bond donors (Lipinski definition) is 0. The van der Waals surface area contributed by atoms with E-state index in [1.807, 2.05) is 12.1 Å². The fourth-order valence-electron chi connectivity index (χ4n) is 1.50. The van der Waals surface area contributed by atoms with Crippen molar-refractivity contribution in [3.8, 4) is 5.75 Å². The minimum atomic E-state index is 0.264. The molecule has 0 bridgehead atoms. The maximum absolute atomic E-state index is 5.84. The predicted octanol–water partition coefficient (Wildman–Crippen LogP) is 3.16. The molecule has 0 saturated carbocycles. The molecule has 0 atom stereocenters. The molecule has 0 N–H and O–H groups in total. The summed E-state index contributed by atoms with van der Waals surface area (Å²) < 4.78 is 12.7. The zero-order chi connectivity index (χ0) is 10.7. The van der Waals surface area contributed by atoms with E-state index in [2.05, 4.69) is 36.8 Å². The first-order valence-electron chi connectivity index (χ1n) is 4.81. The Labute approximate surface area is 105 Å². The summed E-state index contributed by atoms with van der Waals surface area (Å²) in [5.74, 6) is 0.843. The molecule has 0 amide bonds. The summed E-state index contributed by atoms with van der Waals surface area (Å²) in [6, 6.07) is 3.75. The zero-order valence-electron chi connectivity index (χ0n) is 8.08. The molecule has 1 aromatic heterocycles. The number of rotatable bonds is 2. The lowest BCUT2D eigenvalue weighted by Crippen LogP contribution is -2.25. The standard InChI is InChI=1S/C10H11Br2NO2/c11-9-5-8(6-10(12)13-9)15-7-1-3-14-4-2-7/h5-7H,1-4H2. The van der Waals surface area contributed by atoms with Crippen LogP contribution in [0.15, 0.2) is 21.3 Å². The van der Waals surface area contributed by atoms with Crippen LogP contribution in [-0.4, -0.2) is 24.3 Å². The van der Waals surface area contributed by atoms with Crippen LogP contribution < -0.4 is 4.74 Å². The van der Waals surface area contributed by atoms with E-state index in [9.17, 15) is 0 Å². The van der Waals surface area contributed by atoms with Gasteiger partial charge in [-0.15, -0.1) is 0 Å². The summed E-state index contributed by atoms with van der Waals surface area (Å²) in [4.78, 5) is 4.16. The van der Waals surface area contributed by atoms with Gasteiger partial charge in [-0.05, 0) is 31.9 Å². The van der Waals surface area contributed by atoms with Crippen molar-refractivity contribution in [3.05, 3.63) is 21.3 Å². The van der Waals surface area contributed by atoms with E-state index in [-0.39, 0.29) is 6.10 Å². The summed E-state index contributed by atoms with van der Waals surface area (Å²) in [5, 5.41) is 0. The molecular formula is C10H11Br2NO2. The van der Waals surface area contributed by atoms with Gasteiger partial charge in [-0.3, -0.25) is 0 Å². The SMILES string of the molecule is Brc1cc(OC2CCOCC2)cc(Br)n1. The molecule has 2 heterocycles. The molecule has 0 aromatic carbocycles. The third-order valence-electron chi connectivity index (χ3n) is 2.21. The van der Waals surface area contributed by atoms with Gasteiger partial charge in [0, 0.05) is 25.0 Å². The zero-order valence-corrected chi connectivity index (χ0v) is 11.3. The van der Waals surface area contributed by atoms with Gasteiger partial charge in [-0.1, -0.05) is 0 Å². The smallest absolute Gasteiger partial charge is 0.125 e. The Bertz CT molecular complexity index is 320. The fourth-order valence-corrected chi connectivity index (χ4v) is 2.57. The third kappa shape index (κ3) is 3.43. The van der Waals surface area contributed by atoms with Crippen LogP contribution in [0, 0.1) is 0 Å². The maximum Gasteiger partial charge on any atom is 0.125 e. The molecule has 0 radical (unpaired) electrons. The van der Waals surface area contributed by atoms with Gasteiger partial charge in [0.25, 0.3) is 0 Å². The van der Waals surface area contributed by atoms with Gasteiger partial charge in [-0.25, -0.2) is 4.98 Å². The second-order valence-corrected chi connectivity index (χ2v) is 5.00. The van der Waals surface area contributed by atoms with Crippen LogP contribution >= 0.6 is 31.9 Å². The first kappa shape index (κ1) is 11.4. The topological polar surface area (TPSA) is 31.4 Å². The molecule has 1 saturated heterocycles. The lowest BCUT2D eigenvalue weighted by Gasteiger charge is -2.23. The number of aromatic nitrogens is 1.